The number of hydrogen-bond acceptors (Lipinski definition) is 8. The predicted octanol–water partition coefficient (Wildman–Crippen LogP) is 4.87. The number of pyridine rings is 1. The quantitative estimate of drug-likeness (QED) is 0.125. The second kappa shape index (κ2) is 15.5. The van der Waals surface area contributed by atoms with E-state index in [4.69, 9.17) is 38.0 Å². The van der Waals surface area contributed by atoms with E-state index in [-0.39, 0.29) is 29.5 Å². The summed E-state index contributed by atoms with van der Waals surface area (Å²) in [5, 5.41) is 18.4. The predicted molar refractivity (Wildman–Crippen MR) is 201 cm³/mol. The molecule has 2 atom stereocenters. The number of fused-ring (bicyclic) bond motifs is 1. The molecule has 0 saturated carbocycles. The Balaban J connectivity index is 1.11. The van der Waals surface area contributed by atoms with Crippen LogP contribution in [0.3, 0.4) is 0 Å². The van der Waals surface area contributed by atoms with Crippen LogP contribution < -0.4 is 31.6 Å². The standard InChI is InChI=1S/C38H40Cl2N8O4/c1-47-32(20-41-16-15-24-10-13-33(49)43-24)46-48-21-23(17-31(48)38(47)51)26-5-3-6-27(35(26)39)28-7-4-8-29(36(28)40)30-12-9-22(37(45-30)52-2)18-42-19-25-11-14-34(50)44-25/h3-9,12,17,21,24-25,41-42H,10-11,13-16,18-20H2,1-2H3,(H,43,49)(H,44,50)/t24?,25-/m0/s1. The van der Waals surface area contributed by atoms with E-state index >= 15 is 0 Å². The molecular formula is C38H40Cl2N8O4. The Labute approximate surface area is 310 Å². The maximum Gasteiger partial charge on any atom is 0.277 e. The van der Waals surface area contributed by atoms with E-state index in [1.165, 1.54) is 0 Å². The largest absolute Gasteiger partial charge is 0.481 e. The highest BCUT2D eigenvalue weighted by molar-refractivity contribution is 6.39. The number of amides is 2. The first-order valence-electron chi connectivity index (χ1n) is 17.4. The zero-order valence-electron chi connectivity index (χ0n) is 29.0. The molecule has 5 aromatic rings. The van der Waals surface area contributed by atoms with Crippen LogP contribution in [0.15, 0.2) is 65.6 Å². The van der Waals surface area contributed by atoms with Crippen molar-refractivity contribution in [2.45, 2.75) is 57.3 Å². The Kier molecular flexibility index (Phi) is 10.6. The van der Waals surface area contributed by atoms with Gasteiger partial charge in [-0.2, -0.15) is 5.10 Å². The first-order valence-corrected chi connectivity index (χ1v) is 18.2. The number of carbonyl (C=O) groups excluding carboxylic acids is 2. The van der Waals surface area contributed by atoms with Gasteiger partial charge in [0, 0.05) is 84.6 Å². The van der Waals surface area contributed by atoms with E-state index in [2.05, 4.69) is 21.3 Å². The molecule has 270 valence electrons. The number of aromatic nitrogens is 4. The van der Waals surface area contributed by atoms with Gasteiger partial charge in [0.1, 0.15) is 11.3 Å². The summed E-state index contributed by atoms with van der Waals surface area (Å²) >= 11 is 14.2. The Morgan fingerprint density at radius 2 is 1.54 bits per heavy atom. The second-order valence-corrected chi connectivity index (χ2v) is 14.0. The van der Waals surface area contributed by atoms with Gasteiger partial charge in [-0.05, 0) is 37.9 Å². The summed E-state index contributed by atoms with van der Waals surface area (Å²) in [6.45, 7) is 2.30. The van der Waals surface area contributed by atoms with Crippen LogP contribution in [0.5, 0.6) is 5.88 Å². The molecule has 2 aromatic carbocycles. The van der Waals surface area contributed by atoms with Gasteiger partial charge in [0.25, 0.3) is 5.56 Å². The minimum atomic E-state index is -0.170. The number of carbonyl (C=O) groups is 2. The maximum absolute atomic E-state index is 13.4. The lowest BCUT2D eigenvalue weighted by atomic mass is 9.97. The topological polar surface area (TPSA) is 144 Å². The zero-order valence-corrected chi connectivity index (χ0v) is 30.5. The number of benzene rings is 2. The third kappa shape index (κ3) is 7.42. The number of methoxy groups -OCH3 is 1. The van der Waals surface area contributed by atoms with Crippen molar-refractivity contribution in [3.63, 3.8) is 0 Å². The van der Waals surface area contributed by atoms with Gasteiger partial charge < -0.3 is 26.0 Å². The van der Waals surface area contributed by atoms with Gasteiger partial charge in [-0.15, -0.1) is 0 Å². The summed E-state index contributed by atoms with van der Waals surface area (Å²) in [5.74, 6) is 1.27. The number of halogens is 2. The third-order valence-corrected chi connectivity index (χ3v) is 10.6. The molecule has 0 bridgehead atoms. The maximum atomic E-state index is 13.4. The van der Waals surface area contributed by atoms with Gasteiger partial charge in [0.2, 0.25) is 17.7 Å². The van der Waals surface area contributed by atoms with Gasteiger partial charge in [0.05, 0.1) is 29.4 Å². The van der Waals surface area contributed by atoms with Crippen molar-refractivity contribution >= 4 is 40.5 Å². The van der Waals surface area contributed by atoms with E-state index < -0.39 is 0 Å². The number of ether oxygens (including phenoxy) is 1. The average molecular weight is 744 g/mol. The Hall–Kier alpha value is -4.75. The van der Waals surface area contributed by atoms with Crippen LogP contribution >= 0.6 is 23.2 Å². The van der Waals surface area contributed by atoms with Crippen molar-refractivity contribution < 1.29 is 14.3 Å². The minimum absolute atomic E-state index is 0.0912. The van der Waals surface area contributed by atoms with Gasteiger partial charge in [-0.25, -0.2) is 9.50 Å². The molecule has 0 aliphatic carbocycles. The lowest BCUT2D eigenvalue weighted by Crippen LogP contribution is -2.35. The SMILES string of the molecule is COc1nc(-c2cccc(-c3cccc(-c4cc5c(=O)n(C)c(CNCCC6CCC(=O)N6)nn5c4)c3Cl)c2Cl)ccc1CNC[C@@H]1CCC(=O)N1. The normalized spacial score (nSPS) is 17.2. The molecule has 12 nitrogen and oxygen atoms in total. The fraction of sp³-hybridized carbons (Fsp3) is 0.342. The van der Waals surface area contributed by atoms with Crippen LogP contribution in [-0.2, 0) is 29.7 Å². The van der Waals surface area contributed by atoms with Crippen LogP contribution in [0.2, 0.25) is 10.0 Å². The molecule has 7 rings (SSSR count). The fourth-order valence-electron chi connectivity index (χ4n) is 6.89. The summed E-state index contributed by atoms with van der Waals surface area (Å²) in [5.41, 5.74) is 5.48. The number of hydrogen-bond donors (Lipinski definition) is 4. The van der Waals surface area contributed by atoms with Gasteiger partial charge >= 0.3 is 0 Å². The monoisotopic (exact) mass is 742 g/mol. The second-order valence-electron chi connectivity index (χ2n) is 13.2. The van der Waals surface area contributed by atoms with Gasteiger partial charge in [-0.3, -0.25) is 19.0 Å². The van der Waals surface area contributed by atoms with E-state index in [1.54, 1.807) is 29.3 Å². The van der Waals surface area contributed by atoms with Crippen LogP contribution in [0.25, 0.3) is 39.0 Å². The molecule has 2 amide bonds. The van der Waals surface area contributed by atoms with E-state index in [9.17, 15) is 14.4 Å². The van der Waals surface area contributed by atoms with E-state index in [0.717, 1.165) is 52.6 Å². The smallest absolute Gasteiger partial charge is 0.277 e. The molecule has 2 aliphatic heterocycles. The summed E-state index contributed by atoms with van der Waals surface area (Å²) in [7, 11) is 3.30. The highest BCUT2D eigenvalue weighted by Crippen LogP contribution is 2.42. The Bertz CT molecular complexity index is 2220. The Morgan fingerprint density at radius 1 is 0.865 bits per heavy atom. The van der Waals surface area contributed by atoms with Crippen LogP contribution in [0.4, 0.5) is 0 Å². The van der Waals surface area contributed by atoms with Crippen molar-refractivity contribution in [2.75, 3.05) is 20.2 Å². The molecule has 2 aliphatic rings. The van der Waals surface area contributed by atoms with Crippen molar-refractivity contribution in [3.8, 4) is 39.4 Å². The first-order chi connectivity index (χ1) is 25.2. The first kappa shape index (κ1) is 35.6. The number of nitrogens with one attached hydrogen (secondary N) is 4. The third-order valence-electron chi connectivity index (χ3n) is 9.77. The molecule has 1 unspecified atom stereocenters. The highest BCUT2D eigenvalue weighted by Gasteiger charge is 2.22. The molecule has 5 heterocycles. The average Bonchev–Trinajstić information content (AvgIpc) is 3.89. The van der Waals surface area contributed by atoms with Crippen molar-refractivity contribution in [1.82, 2.24) is 40.4 Å². The molecule has 4 N–H and O–H groups in total. The lowest BCUT2D eigenvalue weighted by molar-refractivity contribution is -0.120. The zero-order chi connectivity index (χ0) is 36.4. The molecule has 0 radical (unpaired) electrons. The highest BCUT2D eigenvalue weighted by atomic mass is 35.5. The minimum Gasteiger partial charge on any atom is -0.481 e. The molecule has 14 heteroatoms. The number of nitrogens with zero attached hydrogens (tertiary/aromatic N) is 4. The van der Waals surface area contributed by atoms with E-state index in [0.29, 0.717) is 72.0 Å². The Morgan fingerprint density at radius 3 is 2.23 bits per heavy atom. The van der Waals surface area contributed by atoms with Crippen molar-refractivity contribution in [2.24, 2.45) is 7.05 Å². The van der Waals surface area contributed by atoms with Gasteiger partial charge in [0.15, 0.2) is 0 Å². The summed E-state index contributed by atoms with van der Waals surface area (Å²) < 4.78 is 8.80. The molecule has 2 saturated heterocycles. The lowest BCUT2D eigenvalue weighted by Gasteiger charge is -2.15. The van der Waals surface area contributed by atoms with Crippen LogP contribution in [0.1, 0.15) is 43.5 Å². The number of rotatable bonds is 13. The molecule has 2 fully saturated rings. The van der Waals surface area contributed by atoms with Crippen LogP contribution in [0, 0.1) is 0 Å². The summed E-state index contributed by atoms with van der Waals surface area (Å²) in [6.07, 6.45) is 5.44. The van der Waals surface area contributed by atoms with Crippen molar-refractivity contribution in [3.05, 3.63) is 92.6 Å². The summed E-state index contributed by atoms with van der Waals surface area (Å²) in [4.78, 5) is 41.2. The fourth-order valence-corrected chi connectivity index (χ4v) is 7.55. The molecular weight excluding hydrogens is 703 g/mol. The molecule has 0 spiro atoms. The van der Waals surface area contributed by atoms with Crippen LogP contribution in [-0.4, -0.2) is 63.3 Å². The molecule has 52 heavy (non-hydrogen) atoms. The van der Waals surface area contributed by atoms with Gasteiger partial charge in [-0.1, -0.05) is 65.7 Å². The van der Waals surface area contributed by atoms with Crippen molar-refractivity contribution in [1.29, 1.82) is 0 Å². The summed E-state index contributed by atoms with van der Waals surface area (Å²) in [6, 6.07) is 17.5. The van der Waals surface area contributed by atoms with E-state index in [1.807, 2.05) is 54.7 Å². The molecule has 3 aromatic heterocycles.